The van der Waals surface area contributed by atoms with Crippen LogP contribution in [0.5, 0.6) is 0 Å². The number of aromatic nitrogens is 5. The SMILES string of the molecule is CC(CN1CCN(c2ncccn2)CC1)NC(=O)c1cnn2c(C(F)(F)F)cc(-c3ccccc3)nc12. The number of nitrogens with one attached hydrogen (secondary N) is 1. The molecule has 0 spiro atoms. The summed E-state index contributed by atoms with van der Waals surface area (Å²) >= 11 is 0. The summed E-state index contributed by atoms with van der Waals surface area (Å²) in [6, 6.07) is 11.0. The Labute approximate surface area is 211 Å². The van der Waals surface area contributed by atoms with E-state index in [2.05, 4.69) is 35.2 Å². The summed E-state index contributed by atoms with van der Waals surface area (Å²) in [7, 11) is 0. The first-order valence-electron chi connectivity index (χ1n) is 11.9. The number of fused-ring (bicyclic) bond motifs is 1. The van der Waals surface area contributed by atoms with Gasteiger partial charge in [-0.05, 0) is 19.1 Å². The molecule has 0 radical (unpaired) electrons. The van der Waals surface area contributed by atoms with Gasteiger partial charge in [-0.3, -0.25) is 9.69 Å². The maximum Gasteiger partial charge on any atom is 0.433 e. The first-order valence-corrected chi connectivity index (χ1v) is 11.9. The zero-order chi connectivity index (χ0) is 26.0. The van der Waals surface area contributed by atoms with Gasteiger partial charge in [-0.25, -0.2) is 19.5 Å². The second-order valence-corrected chi connectivity index (χ2v) is 8.90. The highest BCUT2D eigenvalue weighted by molar-refractivity contribution is 6.00. The average Bonchev–Trinajstić information content (AvgIpc) is 3.33. The van der Waals surface area contributed by atoms with E-state index < -0.39 is 17.8 Å². The summed E-state index contributed by atoms with van der Waals surface area (Å²) in [6.45, 7) is 5.50. The van der Waals surface area contributed by atoms with Crippen LogP contribution in [-0.4, -0.2) is 74.1 Å². The van der Waals surface area contributed by atoms with Gasteiger partial charge in [-0.2, -0.15) is 18.3 Å². The fourth-order valence-electron chi connectivity index (χ4n) is 4.40. The van der Waals surface area contributed by atoms with Crippen molar-refractivity contribution in [2.75, 3.05) is 37.6 Å². The highest BCUT2D eigenvalue weighted by Crippen LogP contribution is 2.32. The van der Waals surface area contributed by atoms with E-state index in [0.717, 1.165) is 38.4 Å². The topological polar surface area (TPSA) is 91.5 Å². The minimum absolute atomic E-state index is 0.0128. The molecule has 1 saturated heterocycles. The predicted octanol–water partition coefficient (Wildman–Crippen LogP) is 3.15. The van der Waals surface area contributed by atoms with Crippen LogP contribution in [0.3, 0.4) is 0 Å². The predicted molar refractivity (Wildman–Crippen MR) is 131 cm³/mol. The third-order valence-electron chi connectivity index (χ3n) is 6.19. The Balaban J connectivity index is 1.30. The van der Waals surface area contributed by atoms with Crippen molar-refractivity contribution in [2.24, 2.45) is 0 Å². The van der Waals surface area contributed by atoms with Gasteiger partial charge in [0, 0.05) is 56.7 Å². The Morgan fingerprint density at radius 3 is 2.43 bits per heavy atom. The summed E-state index contributed by atoms with van der Waals surface area (Å²) in [6.07, 6.45) is -0.123. The minimum Gasteiger partial charge on any atom is -0.348 e. The van der Waals surface area contributed by atoms with Gasteiger partial charge in [0.2, 0.25) is 5.95 Å². The van der Waals surface area contributed by atoms with E-state index in [1.807, 2.05) is 6.92 Å². The van der Waals surface area contributed by atoms with Gasteiger partial charge < -0.3 is 10.2 Å². The molecule has 1 fully saturated rings. The molecule has 4 heterocycles. The minimum atomic E-state index is -4.68. The Morgan fingerprint density at radius 2 is 1.76 bits per heavy atom. The first-order chi connectivity index (χ1) is 17.8. The van der Waals surface area contributed by atoms with E-state index >= 15 is 0 Å². The van der Waals surface area contributed by atoms with Gasteiger partial charge in [0.15, 0.2) is 11.3 Å². The number of nitrogens with zero attached hydrogens (tertiary/aromatic N) is 7. The van der Waals surface area contributed by atoms with Crippen LogP contribution in [0.25, 0.3) is 16.9 Å². The molecule has 1 amide bonds. The van der Waals surface area contributed by atoms with Crippen molar-refractivity contribution in [3.63, 3.8) is 0 Å². The second kappa shape index (κ2) is 10.1. The molecule has 5 rings (SSSR count). The van der Waals surface area contributed by atoms with Crippen molar-refractivity contribution in [1.82, 2.24) is 34.8 Å². The van der Waals surface area contributed by atoms with E-state index in [9.17, 15) is 18.0 Å². The number of alkyl halides is 3. The van der Waals surface area contributed by atoms with E-state index in [0.29, 0.717) is 22.6 Å². The quantitative estimate of drug-likeness (QED) is 0.426. The molecule has 3 aromatic heterocycles. The van der Waals surface area contributed by atoms with Crippen LogP contribution in [0.15, 0.2) is 61.1 Å². The van der Waals surface area contributed by atoms with Gasteiger partial charge in [0.1, 0.15) is 5.56 Å². The maximum absolute atomic E-state index is 13.8. The number of piperazine rings is 1. The lowest BCUT2D eigenvalue weighted by molar-refractivity contribution is -0.142. The first kappa shape index (κ1) is 24.6. The number of hydrogen-bond donors (Lipinski definition) is 1. The number of benzene rings is 1. The van der Waals surface area contributed by atoms with E-state index in [4.69, 9.17) is 0 Å². The van der Waals surface area contributed by atoms with Gasteiger partial charge in [0.25, 0.3) is 5.91 Å². The Bertz CT molecular complexity index is 1370. The molecular weight excluding hydrogens is 485 g/mol. The number of carbonyl (C=O) groups excluding carboxylic acids is 1. The highest BCUT2D eigenvalue weighted by atomic mass is 19.4. The maximum atomic E-state index is 13.8. The Kier molecular flexibility index (Phi) is 6.74. The summed E-state index contributed by atoms with van der Waals surface area (Å²) in [4.78, 5) is 30.3. The van der Waals surface area contributed by atoms with Gasteiger partial charge in [0.05, 0.1) is 11.9 Å². The summed E-state index contributed by atoms with van der Waals surface area (Å²) in [5.74, 6) is 0.168. The van der Waals surface area contributed by atoms with Crippen molar-refractivity contribution in [1.29, 1.82) is 0 Å². The molecule has 37 heavy (non-hydrogen) atoms. The second-order valence-electron chi connectivity index (χ2n) is 8.90. The van der Waals surface area contributed by atoms with Crippen LogP contribution in [0, 0.1) is 0 Å². The third kappa shape index (κ3) is 5.38. The summed E-state index contributed by atoms with van der Waals surface area (Å²) in [5.41, 5.74) is -0.528. The van der Waals surface area contributed by atoms with Crippen LogP contribution >= 0.6 is 0 Å². The molecule has 4 aromatic rings. The van der Waals surface area contributed by atoms with Crippen LogP contribution < -0.4 is 10.2 Å². The molecule has 0 saturated carbocycles. The van der Waals surface area contributed by atoms with Crippen molar-refractivity contribution in [3.05, 3.63) is 72.3 Å². The number of hydrogen-bond acceptors (Lipinski definition) is 7. The highest BCUT2D eigenvalue weighted by Gasteiger charge is 2.36. The van der Waals surface area contributed by atoms with Crippen molar-refractivity contribution in [3.8, 4) is 11.3 Å². The number of anilines is 1. The molecule has 1 unspecified atom stereocenters. The van der Waals surface area contributed by atoms with Crippen molar-refractivity contribution in [2.45, 2.75) is 19.1 Å². The molecule has 1 N–H and O–H groups in total. The molecule has 1 aromatic carbocycles. The van der Waals surface area contributed by atoms with Crippen molar-refractivity contribution >= 4 is 17.5 Å². The lowest BCUT2D eigenvalue weighted by Gasteiger charge is -2.35. The van der Waals surface area contributed by atoms with Gasteiger partial charge in [-0.1, -0.05) is 30.3 Å². The molecular formula is C25H25F3N8O. The third-order valence-corrected chi connectivity index (χ3v) is 6.19. The van der Waals surface area contributed by atoms with Crippen LogP contribution in [0.4, 0.5) is 19.1 Å². The lowest BCUT2D eigenvalue weighted by atomic mass is 10.1. The van der Waals surface area contributed by atoms with E-state index in [-0.39, 0.29) is 22.9 Å². The molecule has 12 heteroatoms. The van der Waals surface area contributed by atoms with Crippen LogP contribution in [0.2, 0.25) is 0 Å². The van der Waals surface area contributed by atoms with Crippen LogP contribution in [-0.2, 0) is 6.18 Å². The molecule has 0 bridgehead atoms. The summed E-state index contributed by atoms with van der Waals surface area (Å²) in [5, 5.41) is 6.74. The fraction of sp³-hybridized carbons (Fsp3) is 0.320. The number of amides is 1. The number of carbonyl (C=O) groups is 1. The molecule has 9 nitrogen and oxygen atoms in total. The van der Waals surface area contributed by atoms with E-state index in [1.54, 1.807) is 48.8 Å². The van der Waals surface area contributed by atoms with E-state index in [1.165, 1.54) is 0 Å². The molecule has 1 aliphatic heterocycles. The number of rotatable bonds is 6. The molecule has 0 aliphatic carbocycles. The normalized spacial score (nSPS) is 15.6. The van der Waals surface area contributed by atoms with Crippen LogP contribution in [0.1, 0.15) is 23.0 Å². The Hall–Kier alpha value is -4.06. The lowest BCUT2D eigenvalue weighted by Crippen LogP contribution is -2.51. The number of halogens is 3. The average molecular weight is 511 g/mol. The molecule has 192 valence electrons. The van der Waals surface area contributed by atoms with Gasteiger partial charge >= 0.3 is 6.18 Å². The fourth-order valence-corrected chi connectivity index (χ4v) is 4.40. The largest absolute Gasteiger partial charge is 0.433 e. The monoisotopic (exact) mass is 510 g/mol. The van der Waals surface area contributed by atoms with Crippen molar-refractivity contribution < 1.29 is 18.0 Å². The zero-order valence-corrected chi connectivity index (χ0v) is 20.1. The summed E-state index contributed by atoms with van der Waals surface area (Å²) < 4.78 is 42.2. The Morgan fingerprint density at radius 1 is 1.05 bits per heavy atom. The standard InChI is InChI=1S/C25H25F3N8O/c1-17(16-34-10-12-35(13-11-34)24-29-8-5-9-30-24)32-23(37)19-15-31-36-21(25(26,27)28)14-20(33-22(19)36)18-6-3-2-4-7-18/h2-9,14-15,17H,10-13,16H2,1H3,(H,32,37). The van der Waals surface area contributed by atoms with Gasteiger partial charge in [-0.15, -0.1) is 0 Å². The zero-order valence-electron chi connectivity index (χ0n) is 20.1. The molecule has 1 atom stereocenters. The smallest absolute Gasteiger partial charge is 0.348 e. The molecule has 1 aliphatic rings.